The number of hydrogen-bond donors (Lipinski definition) is 1. The van der Waals surface area contributed by atoms with E-state index in [-0.39, 0.29) is 0 Å². The first-order chi connectivity index (χ1) is 10.4. The molecular weight excluding hydrogens is 298 g/mol. The van der Waals surface area contributed by atoms with Crippen molar-refractivity contribution in [2.45, 2.75) is 6.54 Å². The van der Waals surface area contributed by atoms with Crippen molar-refractivity contribution < 1.29 is 0 Å². The number of thiazole rings is 1. The predicted molar refractivity (Wildman–Crippen MR) is 89.7 cm³/mol. The SMILES string of the molecule is NCc1c(-c2cccs2)nc2sc(-c3ccccc3)cn12. The highest BCUT2D eigenvalue weighted by atomic mass is 32.1. The second-order valence-electron chi connectivity index (χ2n) is 4.70. The zero-order valence-electron chi connectivity index (χ0n) is 11.2. The lowest BCUT2D eigenvalue weighted by molar-refractivity contribution is 0.971. The number of nitrogens with zero attached hydrogens (tertiary/aromatic N) is 2. The van der Waals surface area contributed by atoms with Crippen molar-refractivity contribution in [1.82, 2.24) is 9.38 Å². The Morgan fingerprint density at radius 3 is 2.62 bits per heavy atom. The van der Waals surface area contributed by atoms with E-state index in [2.05, 4.69) is 46.3 Å². The summed E-state index contributed by atoms with van der Waals surface area (Å²) in [4.78, 5) is 8.17. The van der Waals surface area contributed by atoms with Gasteiger partial charge in [-0.1, -0.05) is 47.7 Å². The van der Waals surface area contributed by atoms with Crippen molar-refractivity contribution in [2.24, 2.45) is 5.73 Å². The Bertz CT molecular complexity index is 873. The maximum Gasteiger partial charge on any atom is 0.195 e. The normalized spacial score (nSPS) is 11.3. The Morgan fingerprint density at radius 2 is 1.90 bits per heavy atom. The molecule has 0 aliphatic carbocycles. The van der Waals surface area contributed by atoms with Crippen LogP contribution >= 0.6 is 22.7 Å². The van der Waals surface area contributed by atoms with E-state index in [4.69, 9.17) is 10.7 Å². The van der Waals surface area contributed by atoms with Gasteiger partial charge in [-0.25, -0.2) is 4.98 Å². The average molecular weight is 311 g/mol. The molecule has 0 fully saturated rings. The quantitative estimate of drug-likeness (QED) is 0.614. The summed E-state index contributed by atoms with van der Waals surface area (Å²) in [5, 5.41) is 2.07. The van der Waals surface area contributed by atoms with Crippen LogP contribution in [0, 0.1) is 0 Å². The molecule has 0 aliphatic rings. The van der Waals surface area contributed by atoms with Gasteiger partial charge in [0.1, 0.15) is 5.69 Å². The number of fused-ring (bicyclic) bond motifs is 1. The molecule has 3 nitrogen and oxygen atoms in total. The van der Waals surface area contributed by atoms with Gasteiger partial charge >= 0.3 is 0 Å². The summed E-state index contributed by atoms with van der Waals surface area (Å²) >= 11 is 3.40. The number of rotatable bonds is 3. The Kier molecular flexibility index (Phi) is 3.11. The number of nitrogens with two attached hydrogens (primary N) is 1. The minimum atomic E-state index is 0.485. The molecular formula is C16H13N3S2. The van der Waals surface area contributed by atoms with E-state index < -0.39 is 0 Å². The largest absolute Gasteiger partial charge is 0.325 e. The molecule has 0 unspecified atom stereocenters. The van der Waals surface area contributed by atoms with Crippen LogP contribution in [0.25, 0.3) is 26.0 Å². The van der Waals surface area contributed by atoms with Crippen molar-refractivity contribution in [2.75, 3.05) is 0 Å². The van der Waals surface area contributed by atoms with Gasteiger partial charge < -0.3 is 5.73 Å². The molecule has 0 spiro atoms. The molecule has 3 aromatic heterocycles. The number of imidazole rings is 1. The van der Waals surface area contributed by atoms with Gasteiger partial charge in [-0.15, -0.1) is 11.3 Å². The number of aromatic nitrogens is 2. The fourth-order valence-corrected chi connectivity index (χ4v) is 4.18. The first-order valence-corrected chi connectivity index (χ1v) is 8.36. The zero-order chi connectivity index (χ0) is 14.2. The highest BCUT2D eigenvalue weighted by Crippen LogP contribution is 2.34. The fourth-order valence-electron chi connectivity index (χ4n) is 2.43. The van der Waals surface area contributed by atoms with Gasteiger partial charge in [-0.05, 0) is 17.0 Å². The summed E-state index contributed by atoms with van der Waals surface area (Å²) < 4.78 is 2.13. The van der Waals surface area contributed by atoms with Crippen LogP contribution in [0.4, 0.5) is 0 Å². The van der Waals surface area contributed by atoms with Crippen molar-refractivity contribution in [1.29, 1.82) is 0 Å². The van der Waals surface area contributed by atoms with Gasteiger partial charge in [0, 0.05) is 12.7 Å². The molecule has 0 saturated heterocycles. The Hall–Kier alpha value is -1.95. The van der Waals surface area contributed by atoms with Crippen LogP contribution in [0.2, 0.25) is 0 Å². The summed E-state index contributed by atoms with van der Waals surface area (Å²) in [6.45, 7) is 0.485. The van der Waals surface area contributed by atoms with Gasteiger partial charge in [0.2, 0.25) is 0 Å². The molecule has 0 saturated carbocycles. The van der Waals surface area contributed by atoms with Crippen molar-refractivity contribution >= 4 is 27.6 Å². The van der Waals surface area contributed by atoms with Gasteiger partial charge in [0.15, 0.2) is 4.96 Å². The third-order valence-electron chi connectivity index (χ3n) is 3.43. The van der Waals surface area contributed by atoms with Crippen molar-refractivity contribution in [3.05, 3.63) is 59.7 Å². The summed E-state index contributed by atoms with van der Waals surface area (Å²) in [5.74, 6) is 0. The van der Waals surface area contributed by atoms with Crippen LogP contribution < -0.4 is 5.73 Å². The second kappa shape index (κ2) is 5.11. The van der Waals surface area contributed by atoms with E-state index in [1.807, 2.05) is 12.1 Å². The first kappa shape index (κ1) is 12.8. The van der Waals surface area contributed by atoms with Crippen LogP contribution in [0.15, 0.2) is 54.0 Å². The smallest absolute Gasteiger partial charge is 0.195 e. The lowest BCUT2D eigenvalue weighted by Crippen LogP contribution is -2.01. The zero-order valence-corrected chi connectivity index (χ0v) is 12.8. The Labute approximate surface area is 130 Å². The minimum Gasteiger partial charge on any atom is -0.325 e. The molecule has 3 heterocycles. The third-order valence-corrected chi connectivity index (χ3v) is 5.34. The molecule has 2 N–H and O–H groups in total. The van der Waals surface area contributed by atoms with Crippen LogP contribution in [0.1, 0.15) is 5.69 Å². The predicted octanol–water partition coefficient (Wildman–Crippen LogP) is 4.25. The lowest BCUT2D eigenvalue weighted by Gasteiger charge is -1.99. The van der Waals surface area contributed by atoms with E-state index in [1.54, 1.807) is 22.7 Å². The number of hydrogen-bond acceptors (Lipinski definition) is 4. The summed E-state index contributed by atoms with van der Waals surface area (Å²) in [5.41, 5.74) is 9.27. The minimum absolute atomic E-state index is 0.485. The molecule has 0 bridgehead atoms. The number of benzene rings is 1. The summed E-state index contributed by atoms with van der Waals surface area (Å²) in [6, 6.07) is 14.5. The highest BCUT2D eigenvalue weighted by Gasteiger charge is 2.16. The van der Waals surface area contributed by atoms with Crippen molar-refractivity contribution in [3.8, 4) is 21.0 Å². The van der Waals surface area contributed by atoms with E-state index in [9.17, 15) is 0 Å². The van der Waals surface area contributed by atoms with E-state index in [0.717, 1.165) is 16.3 Å². The molecule has 4 aromatic rings. The van der Waals surface area contributed by atoms with Gasteiger partial charge in [0.05, 0.1) is 15.4 Å². The van der Waals surface area contributed by atoms with E-state index >= 15 is 0 Å². The molecule has 21 heavy (non-hydrogen) atoms. The average Bonchev–Trinajstić information content (AvgIpc) is 3.22. The van der Waals surface area contributed by atoms with E-state index in [0.29, 0.717) is 6.54 Å². The molecule has 0 atom stereocenters. The van der Waals surface area contributed by atoms with Crippen LogP contribution in [-0.4, -0.2) is 9.38 Å². The molecule has 5 heteroatoms. The van der Waals surface area contributed by atoms with Crippen LogP contribution in [0.3, 0.4) is 0 Å². The maximum atomic E-state index is 5.96. The fraction of sp³-hybridized carbons (Fsp3) is 0.0625. The molecule has 4 rings (SSSR count). The number of thiophene rings is 1. The Morgan fingerprint density at radius 1 is 1.05 bits per heavy atom. The van der Waals surface area contributed by atoms with Gasteiger partial charge in [0.25, 0.3) is 0 Å². The van der Waals surface area contributed by atoms with Gasteiger partial charge in [-0.2, -0.15) is 0 Å². The highest BCUT2D eigenvalue weighted by molar-refractivity contribution is 7.20. The third kappa shape index (κ3) is 2.10. The monoisotopic (exact) mass is 311 g/mol. The lowest BCUT2D eigenvalue weighted by atomic mass is 10.2. The molecule has 0 aliphatic heterocycles. The molecule has 104 valence electrons. The standard InChI is InChI=1S/C16H13N3S2/c17-9-12-15(13-7-4-8-20-13)18-16-19(12)10-14(21-16)11-5-2-1-3-6-11/h1-8,10H,9,17H2. The van der Waals surface area contributed by atoms with Crippen LogP contribution in [-0.2, 0) is 6.54 Å². The molecule has 0 amide bonds. The Balaban J connectivity index is 1.89. The molecule has 1 aromatic carbocycles. The topological polar surface area (TPSA) is 43.3 Å². The van der Waals surface area contributed by atoms with Crippen LogP contribution in [0.5, 0.6) is 0 Å². The van der Waals surface area contributed by atoms with E-state index in [1.165, 1.54) is 15.3 Å². The summed E-state index contributed by atoms with van der Waals surface area (Å²) in [6.07, 6.45) is 2.14. The summed E-state index contributed by atoms with van der Waals surface area (Å²) in [7, 11) is 0. The van der Waals surface area contributed by atoms with Crippen molar-refractivity contribution in [3.63, 3.8) is 0 Å². The maximum absolute atomic E-state index is 5.96. The molecule has 0 radical (unpaired) electrons. The first-order valence-electron chi connectivity index (χ1n) is 6.67. The second-order valence-corrected chi connectivity index (χ2v) is 6.66. The van der Waals surface area contributed by atoms with Gasteiger partial charge in [-0.3, -0.25) is 4.40 Å².